The number of nitrogens with two attached hydrogens (primary N) is 1. The molecular weight excluding hydrogens is 200 g/mol. The average molecular weight is 214 g/mol. The standard InChI is InChI=1S/C13H14N2O/c1-10-7-13(11(8-14)9-15-10)16-12-5-3-2-4-6-12/h2-7,9H,8,14H2,1H3. The minimum absolute atomic E-state index is 0.426. The lowest BCUT2D eigenvalue weighted by Gasteiger charge is -2.10. The summed E-state index contributed by atoms with van der Waals surface area (Å²) in [5.74, 6) is 1.59. The summed E-state index contributed by atoms with van der Waals surface area (Å²) in [6, 6.07) is 11.5. The number of pyridine rings is 1. The summed E-state index contributed by atoms with van der Waals surface area (Å²) in [6.45, 7) is 2.35. The molecule has 1 aromatic heterocycles. The van der Waals surface area contributed by atoms with Crippen LogP contribution in [0.3, 0.4) is 0 Å². The molecule has 2 aromatic rings. The van der Waals surface area contributed by atoms with Gasteiger partial charge in [-0.05, 0) is 19.1 Å². The van der Waals surface area contributed by atoms with Gasteiger partial charge in [-0.25, -0.2) is 0 Å². The van der Waals surface area contributed by atoms with Crippen molar-refractivity contribution in [2.75, 3.05) is 0 Å². The van der Waals surface area contributed by atoms with Crippen LogP contribution in [0, 0.1) is 6.92 Å². The number of hydrogen-bond donors (Lipinski definition) is 1. The van der Waals surface area contributed by atoms with E-state index in [-0.39, 0.29) is 0 Å². The van der Waals surface area contributed by atoms with Crippen LogP contribution in [-0.2, 0) is 6.54 Å². The fourth-order valence-corrected chi connectivity index (χ4v) is 1.43. The fraction of sp³-hybridized carbons (Fsp3) is 0.154. The van der Waals surface area contributed by atoms with Crippen LogP contribution in [0.1, 0.15) is 11.3 Å². The molecule has 16 heavy (non-hydrogen) atoms. The van der Waals surface area contributed by atoms with Gasteiger partial charge in [0.2, 0.25) is 0 Å². The molecule has 0 radical (unpaired) electrons. The Kier molecular flexibility index (Phi) is 3.17. The van der Waals surface area contributed by atoms with Gasteiger partial charge in [-0.15, -0.1) is 0 Å². The summed E-state index contributed by atoms with van der Waals surface area (Å²) >= 11 is 0. The van der Waals surface area contributed by atoms with Crippen LogP contribution < -0.4 is 10.5 Å². The van der Waals surface area contributed by atoms with Crippen molar-refractivity contribution >= 4 is 0 Å². The number of rotatable bonds is 3. The summed E-state index contributed by atoms with van der Waals surface area (Å²) in [4.78, 5) is 4.19. The second-order valence-electron chi connectivity index (χ2n) is 3.55. The van der Waals surface area contributed by atoms with Crippen molar-refractivity contribution < 1.29 is 4.74 Å². The molecule has 0 saturated carbocycles. The molecule has 3 nitrogen and oxygen atoms in total. The maximum absolute atomic E-state index is 5.76. The van der Waals surface area contributed by atoms with E-state index < -0.39 is 0 Å². The molecule has 0 spiro atoms. The third-order valence-electron chi connectivity index (χ3n) is 2.27. The first-order chi connectivity index (χ1) is 7.79. The number of para-hydroxylation sites is 1. The third-order valence-corrected chi connectivity index (χ3v) is 2.27. The van der Waals surface area contributed by atoms with Crippen molar-refractivity contribution in [1.29, 1.82) is 0 Å². The van der Waals surface area contributed by atoms with E-state index in [4.69, 9.17) is 10.5 Å². The molecular formula is C13H14N2O. The van der Waals surface area contributed by atoms with Crippen LogP contribution in [-0.4, -0.2) is 4.98 Å². The lowest BCUT2D eigenvalue weighted by atomic mass is 10.2. The number of hydrogen-bond acceptors (Lipinski definition) is 3. The van der Waals surface area contributed by atoms with Crippen LogP contribution in [0.5, 0.6) is 11.5 Å². The van der Waals surface area contributed by atoms with Gasteiger partial charge in [0.25, 0.3) is 0 Å². The predicted octanol–water partition coefficient (Wildman–Crippen LogP) is 2.64. The Bertz CT molecular complexity index is 469. The highest BCUT2D eigenvalue weighted by Crippen LogP contribution is 2.24. The van der Waals surface area contributed by atoms with Gasteiger partial charge in [-0.3, -0.25) is 4.98 Å². The van der Waals surface area contributed by atoms with E-state index in [0.717, 1.165) is 22.8 Å². The number of aromatic nitrogens is 1. The molecule has 0 unspecified atom stereocenters. The van der Waals surface area contributed by atoms with Gasteiger partial charge in [0.05, 0.1) is 0 Å². The highest BCUT2D eigenvalue weighted by molar-refractivity contribution is 5.37. The number of benzene rings is 1. The van der Waals surface area contributed by atoms with Gasteiger partial charge in [-0.2, -0.15) is 0 Å². The summed E-state index contributed by atoms with van der Waals surface area (Å²) in [5.41, 5.74) is 7.47. The SMILES string of the molecule is Cc1cc(Oc2ccccc2)c(CN)cn1. The smallest absolute Gasteiger partial charge is 0.135 e. The van der Waals surface area contributed by atoms with Crippen molar-refractivity contribution in [3.8, 4) is 11.5 Å². The molecule has 0 bridgehead atoms. The van der Waals surface area contributed by atoms with Crippen LogP contribution in [0.25, 0.3) is 0 Å². The molecule has 2 N–H and O–H groups in total. The zero-order chi connectivity index (χ0) is 11.4. The molecule has 3 heteroatoms. The highest BCUT2D eigenvalue weighted by atomic mass is 16.5. The number of nitrogens with zero attached hydrogens (tertiary/aromatic N) is 1. The monoisotopic (exact) mass is 214 g/mol. The lowest BCUT2D eigenvalue weighted by Crippen LogP contribution is -2.01. The van der Waals surface area contributed by atoms with Gasteiger partial charge >= 0.3 is 0 Å². The Balaban J connectivity index is 2.30. The van der Waals surface area contributed by atoms with Crippen molar-refractivity contribution in [3.05, 3.63) is 53.9 Å². The second kappa shape index (κ2) is 4.77. The Labute approximate surface area is 94.9 Å². The first-order valence-corrected chi connectivity index (χ1v) is 5.18. The minimum atomic E-state index is 0.426. The molecule has 0 aliphatic rings. The maximum atomic E-state index is 5.76. The molecule has 1 heterocycles. The lowest BCUT2D eigenvalue weighted by molar-refractivity contribution is 0.475. The Morgan fingerprint density at radius 2 is 2.00 bits per heavy atom. The second-order valence-corrected chi connectivity index (χ2v) is 3.55. The Morgan fingerprint density at radius 1 is 1.25 bits per heavy atom. The van der Waals surface area contributed by atoms with Crippen molar-refractivity contribution in [1.82, 2.24) is 4.98 Å². The Morgan fingerprint density at radius 3 is 2.69 bits per heavy atom. The van der Waals surface area contributed by atoms with E-state index in [1.165, 1.54) is 0 Å². The zero-order valence-corrected chi connectivity index (χ0v) is 9.18. The van der Waals surface area contributed by atoms with E-state index >= 15 is 0 Å². The van der Waals surface area contributed by atoms with E-state index in [0.29, 0.717) is 6.54 Å². The summed E-state index contributed by atoms with van der Waals surface area (Å²) in [7, 11) is 0. The summed E-state index contributed by atoms with van der Waals surface area (Å²) < 4.78 is 5.76. The molecule has 0 fully saturated rings. The molecule has 1 aromatic carbocycles. The first-order valence-electron chi connectivity index (χ1n) is 5.18. The Hall–Kier alpha value is -1.87. The van der Waals surface area contributed by atoms with Crippen molar-refractivity contribution in [2.45, 2.75) is 13.5 Å². The molecule has 0 aliphatic carbocycles. The fourth-order valence-electron chi connectivity index (χ4n) is 1.43. The normalized spacial score (nSPS) is 10.1. The zero-order valence-electron chi connectivity index (χ0n) is 9.18. The largest absolute Gasteiger partial charge is 0.457 e. The van der Waals surface area contributed by atoms with Gasteiger partial charge in [0, 0.05) is 30.1 Å². The van der Waals surface area contributed by atoms with E-state index in [1.54, 1.807) is 6.20 Å². The van der Waals surface area contributed by atoms with Crippen LogP contribution in [0.2, 0.25) is 0 Å². The predicted molar refractivity (Wildman–Crippen MR) is 63.4 cm³/mol. The summed E-state index contributed by atoms with van der Waals surface area (Å²) in [6.07, 6.45) is 1.76. The van der Waals surface area contributed by atoms with Crippen LogP contribution in [0.4, 0.5) is 0 Å². The van der Waals surface area contributed by atoms with Gasteiger partial charge in [0.1, 0.15) is 11.5 Å². The molecule has 0 atom stereocenters. The molecule has 2 rings (SSSR count). The maximum Gasteiger partial charge on any atom is 0.135 e. The molecule has 0 saturated heterocycles. The topological polar surface area (TPSA) is 48.1 Å². The van der Waals surface area contributed by atoms with Gasteiger partial charge in [-0.1, -0.05) is 18.2 Å². The minimum Gasteiger partial charge on any atom is -0.457 e. The van der Waals surface area contributed by atoms with Crippen molar-refractivity contribution in [2.24, 2.45) is 5.73 Å². The average Bonchev–Trinajstić information content (AvgIpc) is 2.31. The van der Waals surface area contributed by atoms with Gasteiger partial charge < -0.3 is 10.5 Å². The van der Waals surface area contributed by atoms with E-state index in [1.807, 2.05) is 43.3 Å². The van der Waals surface area contributed by atoms with Crippen LogP contribution in [0.15, 0.2) is 42.6 Å². The number of aryl methyl sites for hydroxylation is 1. The first kappa shape index (κ1) is 10.6. The van der Waals surface area contributed by atoms with Crippen molar-refractivity contribution in [3.63, 3.8) is 0 Å². The quantitative estimate of drug-likeness (QED) is 0.854. The van der Waals surface area contributed by atoms with Gasteiger partial charge in [0.15, 0.2) is 0 Å². The highest BCUT2D eigenvalue weighted by Gasteiger charge is 2.04. The van der Waals surface area contributed by atoms with E-state index in [9.17, 15) is 0 Å². The van der Waals surface area contributed by atoms with Crippen LogP contribution >= 0.6 is 0 Å². The molecule has 82 valence electrons. The molecule has 0 amide bonds. The summed E-state index contributed by atoms with van der Waals surface area (Å²) in [5, 5.41) is 0. The van der Waals surface area contributed by atoms with E-state index in [2.05, 4.69) is 4.98 Å². The molecule has 0 aliphatic heterocycles. The third kappa shape index (κ3) is 2.38. The number of ether oxygens (including phenoxy) is 1.